The summed E-state index contributed by atoms with van der Waals surface area (Å²) >= 11 is 11.9. The van der Waals surface area contributed by atoms with Crippen LogP contribution in [0.1, 0.15) is 11.1 Å². The van der Waals surface area contributed by atoms with E-state index >= 15 is 0 Å². The van der Waals surface area contributed by atoms with Crippen LogP contribution in [0.15, 0.2) is 36.4 Å². The molecule has 0 amide bonds. The minimum absolute atomic E-state index is 0.117. The van der Waals surface area contributed by atoms with Crippen molar-refractivity contribution < 1.29 is 4.92 Å². The van der Waals surface area contributed by atoms with Crippen molar-refractivity contribution in [2.45, 2.75) is 13.5 Å². The number of anilines is 1. The molecule has 0 saturated heterocycles. The lowest BCUT2D eigenvalue weighted by Gasteiger charge is -2.09. The molecule has 0 aromatic heterocycles. The van der Waals surface area contributed by atoms with E-state index in [1.54, 1.807) is 37.3 Å². The van der Waals surface area contributed by atoms with Crippen molar-refractivity contribution in [2.24, 2.45) is 0 Å². The molecule has 0 spiro atoms. The fourth-order valence-electron chi connectivity index (χ4n) is 1.79. The number of nitro benzene ring substituents is 1. The zero-order valence-electron chi connectivity index (χ0n) is 10.7. The number of hydrogen-bond donors (Lipinski definition) is 1. The summed E-state index contributed by atoms with van der Waals surface area (Å²) in [4.78, 5) is 10.5. The van der Waals surface area contributed by atoms with Gasteiger partial charge in [-0.25, -0.2) is 0 Å². The molecule has 104 valence electrons. The van der Waals surface area contributed by atoms with Crippen LogP contribution in [0, 0.1) is 17.0 Å². The molecule has 20 heavy (non-hydrogen) atoms. The highest BCUT2D eigenvalue weighted by molar-refractivity contribution is 6.36. The van der Waals surface area contributed by atoms with Gasteiger partial charge >= 0.3 is 0 Å². The molecule has 0 radical (unpaired) electrons. The van der Waals surface area contributed by atoms with E-state index in [0.29, 0.717) is 22.2 Å². The van der Waals surface area contributed by atoms with Gasteiger partial charge in [0, 0.05) is 23.2 Å². The molecule has 1 N–H and O–H groups in total. The standard InChI is InChI=1S/C14H12Cl2N2O2/c1-9-2-3-10(6-14(9)18(19)20)8-17-13-5-4-11(15)7-12(13)16/h2-7,17H,8H2,1H3. The van der Waals surface area contributed by atoms with Gasteiger partial charge < -0.3 is 5.32 Å². The Labute approximate surface area is 126 Å². The summed E-state index contributed by atoms with van der Waals surface area (Å²) in [5, 5.41) is 15.1. The molecule has 0 bridgehead atoms. The van der Waals surface area contributed by atoms with Gasteiger partial charge in [0.05, 0.1) is 15.6 Å². The van der Waals surface area contributed by atoms with Crippen LogP contribution in [0.25, 0.3) is 0 Å². The van der Waals surface area contributed by atoms with Crippen molar-refractivity contribution in [3.63, 3.8) is 0 Å². The lowest BCUT2D eigenvalue weighted by molar-refractivity contribution is -0.385. The number of nitrogens with zero attached hydrogens (tertiary/aromatic N) is 1. The molecule has 0 atom stereocenters. The van der Waals surface area contributed by atoms with Crippen LogP contribution in [0.5, 0.6) is 0 Å². The summed E-state index contributed by atoms with van der Waals surface area (Å²) in [6, 6.07) is 10.3. The van der Waals surface area contributed by atoms with E-state index in [2.05, 4.69) is 5.32 Å². The van der Waals surface area contributed by atoms with Gasteiger partial charge in [0.15, 0.2) is 0 Å². The lowest BCUT2D eigenvalue weighted by Crippen LogP contribution is -2.01. The maximum Gasteiger partial charge on any atom is 0.272 e. The first-order valence-electron chi connectivity index (χ1n) is 5.90. The third-order valence-electron chi connectivity index (χ3n) is 2.88. The SMILES string of the molecule is Cc1ccc(CNc2ccc(Cl)cc2Cl)cc1[N+](=O)[O-]. The van der Waals surface area contributed by atoms with Gasteiger partial charge in [-0.15, -0.1) is 0 Å². The van der Waals surface area contributed by atoms with E-state index in [0.717, 1.165) is 11.3 Å². The fourth-order valence-corrected chi connectivity index (χ4v) is 2.27. The molecule has 2 aromatic carbocycles. The molecular weight excluding hydrogens is 299 g/mol. The van der Waals surface area contributed by atoms with Gasteiger partial charge in [-0.1, -0.05) is 35.3 Å². The van der Waals surface area contributed by atoms with Crippen LogP contribution in [-0.4, -0.2) is 4.92 Å². The summed E-state index contributed by atoms with van der Waals surface area (Å²) in [7, 11) is 0. The largest absolute Gasteiger partial charge is 0.380 e. The van der Waals surface area contributed by atoms with Gasteiger partial charge in [0.25, 0.3) is 5.69 Å². The smallest absolute Gasteiger partial charge is 0.272 e. The summed E-state index contributed by atoms with van der Waals surface area (Å²) in [6.45, 7) is 2.16. The molecule has 2 rings (SSSR count). The third-order valence-corrected chi connectivity index (χ3v) is 3.43. The van der Waals surface area contributed by atoms with Crippen LogP contribution in [-0.2, 0) is 6.54 Å². The van der Waals surface area contributed by atoms with Gasteiger partial charge in [-0.05, 0) is 30.7 Å². The van der Waals surface area contributed by atoms with Gasteiger partial charge in [0.1, 0.15) is 0 Å². The Morgan fingerprint density at radius 1 is 1.20 bits per heavy atom. The topological polar surface area (TPSA) is 55.2 Å². The van der Waals surface area contributed by atoms with Crippen molar-refractivity contribution >= 4 is 34.6 Å². The van der Waals surface area contributed by atoms with Crippen molar-refractivity contribution in [3.8, 4) is 0 Å². The average molecular weight is 311 g/mol. The highest BCUT2D eigenvalue weighted by Gasteiger charge is 2.11. The number of benzene rings is 2. The Morgan fingerprint density at radius 3 is 2.60 bits per heavy atom. The summed E-state index contributed by atoms with van der Waals surface area (Å²) in [5.74, 6) is 0. The minimum Gasteiger partial charge on any atom is -0.380 e. The van der Waals surface area contributed by atoms with Crippen LogP contribution in [0.2, 0.25) is 10.0 Å². The van der Waals surface area contributed by atoms with Gasteiger partial charge in [-0.3, -0.25) is 10.1 Å². The number of halogens is 2. The summed E-state index contributed by atoms with van der Waals surface area (Å²) in [5.41, 5.74) is 2.31. The molecule has 0 aliphatic carbocycles. The zero-order valence-corrected chi connectivity index (χ0v) is 12.2. The van der Waals surface area contributed by atoms with Crippen molar-refractivity contribution in [1.82, 2.24) is 0 Å². The number of rotatable bonds is 4. The second kappa shape index (κ2) is 6.11. The lowest BCUT2D eigenvalue weighted by atomic mass is 10.1. The molecule has 0 unspecified atom stereocenters. The van der Waals surface area contributed by atoms with Crippen molar-refractivity contribution in [2.75, 3.05) is 5.32 Å². The molecule has 0 heterocycles. The quantitative estimate of drug-likeness (QED) is 0.650. The average Bonchev–Trinajstić information content (AvgIpc) is 2.39. The maximum absolute atomic E-state index is 10.9. The predicted octanol–water partition coefficient (Wildman–Crippen LogP) is 4.82. The Morgan fingerprint density at radius 2 is 1.95 bits per heavy atom. The molecule has 2 aromatic rings. The summed E-state index contributed by atoms with van der Waals surface area (Å²) in [6.07, 6.45) is 0. The van der Waals surface area contributed by atoms with E-state index in [4.69, 9.17) is 23.2 Å². The fraction of sp³-hybridized carbons (Fsp3) is 0.143. The molecule has 0 aliphatic heterocycles. The second-order valence-corrected chi connectivity index (χ2v) is 5.20. The molecule has 0 aliphatic rings. The Kier molecular flexibility index (Phi) is 4.47. The van der Waals surface area contributed by atoms with E-state index in [1.807, 2.05) is 6.07 Å². The van der Waals surface area contributed by atoms with Crippen molar-refractivity contribution in [3.05, 3.63) is 67.7 Å². The minimum atomic E-state index is -0.381. The number of nitrogens with one attached hydrogen (secondary N) is 1. The van der Waals surface area contributed by atoms with E-state index < -0.39 is 0 Å². The van der Waals surface area contributed by atoms with Gasteiger partial charge in [-0.2, -0.15) is 0 Å². The van der Waals surface area contributed by atoms with E-state index in [-0.39, 0.29) is 10.6 Å². The Balaban J connectivity index is 2.15. The Hall–Kier alpha value is -1.78. The zero-order chi connectivity index (χ0) is 14.7. The summed E-state index contributed by atoms with van der Waals surface area (Å²) < 4.78 is 0. The van der Waals surface area contributed by atoms with Crippen LogP contribution in [0.4, 0.5) is 11.4 Å². The van der Waals surface area contributed by atoms with Gasteiger partial charge in [0.2, 0.25) is 0 Å². The monoisotopic (exact) mass is 310 g/mol. The first-order chi connectivity index (χ1) is 9.47. The highest BCUT2D eigenvalue weighted by Crippen LogP contribution is 2.26. The number of hydrogen-bond acceptors (Lipinski definition) is 3. The normalized spacial score (nSPS) is 10.3. The van der Waals surface area contributed by atoms with Crippen LogP contribution in [0.3, 0.4) is 0 Å². The second-order valence-electron chi connectivity index (χ2n) is 4.36. The van der Waals surface area contributed by atoms with Crippen LogP contribution >= 0.6 is 23.2 Å². The number of aryl methyl sites for hydroxylation is 1. The van der Waals surface area contributed by atoms with Crippen molar-refractivity contribution in [1.29, 1.82) is 0 Å². The molecule has 0 fully saturated rings. The van der Waals surface area contributed by atoms with E-state index in [9.17, 15) is 10.1 Å². The molecule has 6 heteroatoms. The molecule has 0 saturated carbocycles. The third kappa shape index (κ3) is 3.40. The van der Waals surface area contributed by atoms with Crippen LogP contribution < -0.4 is 5.32 Å². The Bertz CT molecular complexity index is 660. The number of nitro groups is 1. The van der Waals surface area contributed by atoms with E-state index in [1.165, 1.54) is 0 Å². The predicted molar refractivity (Wildman–Crippen MR) is 81.6 cm³/mol. The first kappa shape index (κ1) is 14.6. The maximum atomic E-state index is 10.9. The highest BCUT2D eigenvalue weighted by atomic mass is 35.5. The molecular formula is C14H12Cl2N2O2. The molecule has 4 nitrogen and oxygen atoms in total. The first-order valence-corrected chi connectivity index (χ1v) is 6.66.